The number of rotatable bonds is 7. The lowest BCUT2D eigenvalue weighted by Gasteiger charge is -2.36. The molecule has 0 bridgehead atoms. The summed E-state index contributed by atoms with van der Waals surface area (Å²) in [6.07, 6.45) is 0.710. The summed E-state index contributed by atoms with van der Waals surface area (Å²) >= 11 is 0. The van der Waals surface area contributed by atoms with Crippen LogP contribution >= 0.6 is 0 Å². The molecule has 1 aromatic carbocycles. The van der Waals surface area contributed by atoms with Gasteiger partial charge in [0.2, 0.25) is 9.04 Å². The Morgan fingerprint density at radius 1 is 1.04 bits per heavy atom. The SMILES string of the molecule is CCC(C)(C)C[Si](OS(=O)(=O)C(F)(F)F)C(C)(C)c1ccccc1. The zero-order chi connectivity index (χ0) is 18.8. The molecule has 0 aliphatic rings. The van der Waals surface area contributed by atoms with Gasteiger partial charge in [-0.25, -0.2) is 0 Å². The number of alkyl halides is 3. The fourth-order valence-corrected chi connectivity index (χ4v) is 6.67. The fourth-order valence-electron chi connectivity index (χ4n) is 2.11. The summed E-state index contributed by atoms with van der Waals surface area (Å²) in [6.45, 7) is 9.22. The van der Waals surface area contributed by atoms with E-state index < -0.39 is 29.7 Å². The molecule has 0 aromatic heterocycles. The summed E-state index contributed by atoms with van der Waals surface area (Å²) in [5.74, 6) is 0. The molecule has 0 aliphatic carbocycles. The average Bonchev–Trinajstić information content (AvgIpc) is 2.46. The van der Waals surface area contributed by atoms with E-state index in [0.29, 0.717) is 6.42 Å². The van der Waals surface area contributed by atoms with Gasteiger partial charge in [-0.3, -0.25) is 0 Å². The molecule has 0 heterocycles. The van der Waals surface area contributed by atoms with Crippen LogP contribution in [-0.4, -0.2) is 23.0 Å². The van der Waals surface area contributed by atoms with E-state index in [2.05, 4.69) is 0 Å². The van der Waals surface area contributed by atoms with Crippen LogP contribution in [0.15, 0.2) is 30.3 Å². The molecule has 0 N–H and O–H groups in total. The molecular weight excluding hydrogens is 357 g/mol. The van der Waals surface area contributed by atoms with Crippen molar-refractivity contribution in [3.63, 3.8) is 0 Å². The van der Waals surface area contributed by atoms with Gasteiger partial charge in [0, 0.05) is 5.04 Å². The minimum absolute atomic E-state index is 0.283. The predicted molar refractivity (Wildman–Crippen MR) is 90.2 cm³/mol. The Kier molecular flexibility index (Phi) is 6.33. The largest absolute Gasteiger partial charge is 0.522 e. The van der Waals surface area contributed by atoms with Crippen molar-refractivity contribution in [3.8, 4) is 0 Å². The molecule has 8 heteroatoms. The van der Waals surface area contributed by atoms with Crippen LogP contribution in [0.4, 0.5) is 13.2 Å². The van der Waals surface area contributed by atoms with Gasteiger partial charge in [-0.15, -0.1) is 0 Å². The molecule has 0 fully saturated rings. The molecule has 137 valence electrons. The van der Waals surface area contributed by atoms with Crippen molar-refractivity contribution in [2.24, 2.45) is 5.41 Å². The van der Waals surface area contributed by atoms with E-state index in [-0.39, 0.29) is 11.5 Å². The van der Waals surface area contributed by atoms with Gasteiger partial charge in [0.25, 0.3) is 0 Å². The normalized spacial score (nSPS) is 14.2. The summed E-state index contributed by atoms with van der Waals surface area (Å²) in [7, 11) is -8.01. The summed E-state index contributed by atoms with van der Waals surface area (Å²) in [4.78, 5) is 0. The van der Waals surface area contributed by atoms with E-state index in [9.17, 15) is 21.6 Å². The maximum Gasteiger partial charge on any atom is 0.522 e. The molecule has 0 atom stereocenters. The number of halogens is 3. The predicted octanol–water partition coefficient (Wildman–Crippen LogP) is 4.80. The van der Waals surface area contributed by atoms with Crippen LogP contribution < -0.4 is 0 Å². The summed E-state index contributed by atoms with van der Waals surface area (Å²) in [5, 5.41) is -0.809. The molecule has 3 nitrogen and oxygen atoms in total. The first kappa shape index (κ1) is 21.2. The van der Waals surface area contributed by atoms with Gasteiger partial charge in [0.05, 0.1) is 0 Å². The van der Waals surface area contributed by atoms with Gasteiger partial charge in [-0.05, 0) is 17.0 Å². The van der Waals surface area contributed by atoms with Crippen molar-refractivity contribution in [2.45, 2.75) is 57.6 Å². The molecule has 1 aromatic rings. The van der Waals surface area contributed by atoms with Crippen LogP contribution in [0.3, 0.4) is 0 Å². The molecule has 0 saturated heterocycles. The van der Waals surface area contributed by atoms with Crippen LogP contribution in [0, 0.1) is 5.41 Å². The third-order valence-electron chi connectivity index (χ3n) is 4.28. The Balaban J connectivity index is 3.29. The lowest BCUT2D eigenvalue weighted by molar-refractivity contribution is -0.0503. The molecule has 0 spiro atoms. The van der Waals surface area contributed by atoms with Gasteiger partial charge in [0.15, 0.2) is 0 Å². The first-order valence-electron chi connectivity index (χ1n) is 7.65. The molecule has 0 amide bonds. The Labute approximate surface area is 144 Å². The maximum atomic E-state index is 12.8. The maximum absolute atomic E-state index is 12.8. The van der Waals surface area contributed by atoms with E-state index in [1.54, 1.807) is 44.2 Å². The lowest BCUT2D eigenvalue weighted by atomic mass is 9.93. The topological polar surface area (TPSA) is 43.4 Å². The zero-order valence-corrected chi connectivity index (χ0v) is 16.4. The second-order valence-corrected chi connectivity index (χ2v) is 11.6. The number of hydrogen-bond acceptors (Lipinski definition) is 3. The zero-order valence-electron chi connectivity index (χ0n) is 14.6. The standard InChI is InChI=1S/C16H24F3O3SSi/c1-6-14(2,3)12-24(22-23(20,21)16(17,18)19)15(4,5)13-10-8-7-9-11-13/h7-11H,6,12H2,1-5H3. The fraction of sp³-hybridized carbons (Fsp3) is 0.625. The van der Waals surface area contributed by atoms with Crippen LogP contribution in [0.1, 0.15) is 46.6 Å². The van der Waals surface area contributed by atoms with Crippen LogP contribution in [0.5, 0.6) is 0 Å². The molecule has 1 radical (unpaired) electrons. The highest BCUT2D eigenvalue weighted by atomic mass is 32.2. The molecule has 0 saturated carbocycles. The monoisotopic (exact) mass is 381 g/mol. The smallest absolute Gasteiger partial charge is 0.307 e. The number of hydrogen-bond donors (Lipinski definition) is 0. The third kappa shape index (κ3) is 5.06. The molecule has 24 heavy (non-hydrogen) atoms. The summed E-state index contributed by atoms with van der Waals surface area (Å²) < 4.78 is 66.4. The van der Waals surface area contributed by atoms with Gasteiger partial charge in [-0.1, -0.05) is 71.4 Å². The van der Waals surface area contributed by atoms with E-state index in [1.165, 1.54) is 0 Å². The van der Waals surface area contributed by atoms with E-state index in [1.807, 2.05) is 20.8 Å². The van der Waals surface area contributed by atoms with Crippen molar-refractivity contribution < 1.29 is 25.5 Å². The van der Waals surface area contributed by atoms with E-state index >= 15 is 0 Å². The minimum Gasteiger partial charge on any atom is -0.307 e. The Bertz CT molecular complexity index is 640. The Morgan fingerprint density at radius 3 is 1.96 bits per heavy atom. The summed E-state index contributed by atoms with van der Waals surface area (Å²) in [6, 6.07) is 9.21. The van der Waals surface area contributed by atoms with Gasteiger partial charge >= 0.3 is 15.6 Å². The van der Waals surface area contributed by atoms with Gasteiger partial charge in [-0.2, -0.15) is 21.6 Å². The Morgan fingerprint density at radius 2 is 1.54 bits per heavy atom. The van der Waals surface area contributed by atoms with Crippen molar-refractivity contribution in [2.75, 3.05) is 0 Å². The minimum atomic E-state index is -5.62. The van der Waals surface area contributed by atoms with Crippen LogP contribution in [0.2, 0.25) is 6.04 Å². The van der Waals surface area contributed by atoms with Gasteiger partial charge in [0.1, 0.15) is 0 Å². The van der Waals surface area contributed by atoms with Gasteiger partial charge < -0.3 is 3.87 Å². The summed E-state index contributed by atoms with van der Waals surface area (Å²) in [5.41, 5.74) is -4.96. The second kappa shape index (κ2) is 7.17. The highest BCUT2D eigenvalue weighted by molar-refractivity contribution is 7.88. The molecule has 0 unspecified atom stereocenters. The highest BCUT2D eigenvalue weighted by Gasteiger charge is 2.52. The van der Waals surface area contributed by atoms with Crippen LogP contribution in [0.25, 0.3) is 0 Å². The first-order valence-corrected chi connectivity index (χ1v) is 10.7. The van der Waals surface area contributed by atoms with E-state index in [0.717, 1.165) is 5.56 Å². The third-order valence-corrected chi connectivity index (χ3v) is 9.49. The Hall–Kier alpha value is -0.863. The van der Waals surface area contributed by atoms with Crippen molar-refractivity contribution in [1.29, 1.82) is 0 Å². The lowest BCUT2D eigenvalue weighted by Crippen LogP contribution is -2.46. The number of benzene rings is 1. The average molecular weight is 382 g/mol. The highest BCUT2D eigenvalue weighted by Crippen LogP contribution is 2.38. The second-order valence-electron chi connectivity index (χ2n) is 7.09. The first-order chi connectivity index (χ1) is 10.7. The van der Waals surface area contributed by atoms with E-state index in [4.69, 9.17) is 3.87 Å². The van der Waals surface area contributed by atoms with Crippen molar-refractivity contribution >= 4 is 19.2 Å². The van der Waals surface area contributed by atoms with Crippen molar-refractivity contribution in [3.05, 3.63) is 35.9 Å². The molecule has 1 rings (SSSR count). The van der Waals surface area contributed by atoms with Crippen molar-refractivity contribution in [1.82, 2.24) is 0 Å². The molecular formula is C16H24F3O3SSi. The molecule has 0 aliphatic heterocycles. The quantitative estimate of drug-likeness (QED) is 0.503. The van der Waals surface area contributed by atoms with Crippen LogP contribution in [-0.2, 0) is 19.0 Å².